The monoisotopic (exact) mass is 377 g/mol. The van der Waals surface area contributed by atoms with Crippen LogP contribution in [0.5, 0.6) is 0 Å². The van der Waals surface area contributed by atoms with Gasteiger partial charge in [-0.05, 0) is 49.1 Å². The average molecular weight is 377 g/mol. The van der Waals surface area contributed by atoms with Gasteiger partial charge in [0.2, 0.25) is 0 Å². The summed E-state index contributed by atoms with van der Waals surface area (Å²) in [6, 6.07) is 15.1. The molecule has 3 N–H and O–H groups in total. The molecule has 4 rings (SSSR count). The maximum absolute atomic E-state index is 12.5. The van der Waals surface area contributed by atoms with Crippen molar-refractivity contribution in [2.75, 3.05) is 18.5 Å². The normalized spacial score (nSPS) is 16.2. The highest BCUT2D eigenvalue weighted by atomic mass is 16.5. The molecule has 0 unspecified atom stereocenters. The van der Waals surface area contributed by atoms with Crippen molar-refractivity contribution in [3.05, 3.63) is 65.9 Å². The Kier molecular flexibility index (Phi) is 5.39. The largest absolute Gasteiger partial charge is 0.368 e. The van der Waals surface area contributed by atoms with Crippen molar-refractivity contribution in [2.45, 2.75) is 25.4 Å². The quantitative estimate of drug-likeness (QED) is 0.617. The lowest BCUT2D eigenvalue weighted by molar-refractivity contribution is -0.124. The molecule has 2 amide bonds. The van der Waals surface area contributed by atoms with E-state index in [0.717, 1.165) is 24.8 Å². The number of carbonyl (C=O) groups excluding carboxylic acids is 2. The van der Waals surface area contributed by atoms with Crippen LogP contribution in [-0.2, 0) is 16.0 Å². The molecular weight excluding hydrogens is 354 g/mol. The van der Waals surface area contributed by atoms with Crippen LogP contribution in [0.15, 0.2) is 54.7 Å². The smallest absolute Gasteiger partial charge is 0.253 e. The lowest BCUT2D eigenvalue weighted by Crippen LogP contribution is -2.28. The number of anilines is 1. The summed E-state index contributed by atoms with van der Waals surface area (Å²) in [4.78, 5) is 27.9. The first-order valence-electron chi connectivity index (χ1n) is 9.56. The standard InChI is InChI=1S/C22H23N3O3/c26-21(23-11-10-16-14-24-19-8-2-1-7-18(16)19)15-5-3-6-17(13-15)25-22(27)20-9-4-12-28-20/h1-3,5-8,13-14,20,24H,4,9-12H2,(H,23,26)(H,25,27)/t20-/m0/s1. The number of aromatic amines is 1. The third-order valence-corrected chi connectivity index (χ3v) is 4.97. The van der Waals surface area contributed by atoms with Gasteiger partial charge in [0.25, 0.3) is 11.8 Å². The molecule has 1 aliphatic heterocycles. The van der Waals surface area contributed by atoms with Gasteiger partial charge in [-0.15, -0.1) is 0 Å². The van der Waals surface area contributed by atoms with E-state index in [2.05, 4.69) is 21.7 Å². The average Bonchev–Trinajstić information content (AvgIpc) is 3.39. The Bertz CT molecular complexity index is 989. The molecule has 2 heterocycles. The van der Waals surface area contributed by atoms with Crippen molar-refractivity contribution in [1.82, 2.24) is 10.3 Å². The molecule has 0 bridgehead atoms. The zero-order valence-corrected chi connectivity index (χ0v) is 15.5. The first kappa shape index (κ1) is 18.3. The third kappa shape index (κ3) is 4.07. The van der Waals surface area contributed by atoms with Gasteiger partial charge in [-0.1, -0.05) is 24.3 Å². The molecule has 2 aromatic carbocycles. The van der Waals surface area contributed by atoms with Crippen molar-refractivity contribution in [3.8, 4) is 0 Å². The molecule has 28 heavy (non-hydrogen) atoms. The van der Waals surface area contributed by atoms with Gasteiger partial charge in [-0.2, -0.15) is 0 Å². The van der Waals surface area contributed by atoms with Gasteiger partial charge in [0.05, 0.1) is 0 Å². The Hall–Kier alpha value is -3.12. The first-order chi connectivity index (χ1) is 13.7. The van der Waals surface area contributed by atoms with Gasteiger partial charge >= 0.3 is 0 Å². The molecule has 1 atom stereocenters. The van der Waals surface area contributed by atoms with E-state index in [4.69, 9.17) is 4.74 Å². The van der Waals surface area contributed by atoms with E-state index in [-0.39, 0.29) is 11.8 Å². The molecule has 0 spiro atoms. The zero-order valence-electron chi connectivity index (χ0n) is 15.5. The Balaban J connectivity index is 1.33. The Morgan fingerprint density at radius 3 is 2.89 bits per heavy atom. The predicted molar refractivity (Wildman–Crippen MR) is 108 cm³/mol. The van der Waals surface area contributed by atoms with E-state index in [1.54, 1.807) is 24.3 Å². The second kappa shape index (κ2) is 8.27. The molecule has 6 nitrogen and oxygen atoms in total. The summed E-state index contributed by atoms with van der Waals surface area (Å²) in [5.41, 5.74) is 3.39. The number of aromatic nitrogens is 1. The van der Waals surface area contributed by atoms with Gasteiger partial charge in [0.15, 0.2) is 0 Å². The topological polar surface area (TPSA) is 83.2 Å². The molecule has 3 aromatic rings. The van der Waals surface area contributed by atoms with Gasteiger partial charge < -0.3 is 20.4 Å². The molecule has 0 aliphatic carbocycles. The SMILES string of the molecule is O=C(NCCc1c[nH]c2ccccc12)c1cccc(NC(=O)[C@@H]2CCCO2)c1. The minimum absolute atomic E-state index is 0.158. The van der Waals surface area contributed by atoms with Crippen LogP contribution in [0.3, 0.4) is 0 Å². The summed E-state index contributed by atoms with van der Waals surface area (Å²) in [5.74, 6) is -0.317. The van der Waals surface area contributed by atoms with Crippen LogP contribution < -0.4 is 10.6 Å². The van der Waals surface area contributed by atoms with Crippen LogP contribution in [0.2, 0.25) is 0 Å². The number of rotatable bonds is 6. The molecule has 1 fully saturated rings. The first-order valence-corrected chi connectivity index (χ1v) is 9.56. The van der Waals surface area contributed by atoms with Crippen molar-refractivity contribution in [1.29, 1.82) is 0 Å². The number of nitrogens with one attached hydrogen (secondary N) is 3. The van der Waals surface area contributed by atoms with Crippen LogP contribution >= 0.6 is 0 Å². The number of benzene rings is 2. The molecule has 1 saturated heterocycles. The zero-order chi connectivity index (χ0) is 19.3. The maximum atomic E-state index is 12.5. The molecular formula is C22H23N3O3. The summed E-state index contributed by atoms with van der Waals surface area (Å²) >= 11 is 0. The van der Waals surface area contributed by atoms with E-state index in [0.29, 0.717) is 24.4 Å². The number of fused-ring (bicyclic) bond motifs is 1. The second-order valence-corrected chi connectivity index (χ2v) is 6.94. The third-order valence-electron chi connectivity index (χ3n) is 4.97. The van der Waals surface area contributed by atoms with E-state index >= 15 is 0 Å². The molecule has 1 aromatic heterocycles. The molecule has 0 saturated carbocycles. The maximum Gasteiger partial charge on any atom is 0.253 e. The lowest BCUT2D eigenvalue weighted by Gasteiger charge is -2.11. The van der Waals surface area contributed by atoms with Gasteiger partial charge in [0.1, 0.15) is 6.10 Å². The van der Waals surface area contributed by atoms with E-state index in [9.17, 15) is 9.59 Å². The van der Waals surface area contributed by atoms with E-state index in [1.165, 1.54) is 10.9 Å². The number of carbonyl (C=O) groups is 2. The summed E-state index contributed by atoms with van der Waals surface area (Å²) in [5, 5.41) is 6.95. The summed E-state index contributed by atoms with van der Waals surface area (Å²) in [6.45, 7) is 1.16. The lowest BCUT2D eigenvalue weighted by atomic mass is 10.1. The summed E-state index contributed by atoms with van der Waals surface area (Å²) in [7, 11) is 0. The fourth-order valence-electron chi connectivity index (χ4n) is 3.50. The van der Waals surface area contributed by atoms with Crippen molar-refractivity contribution >= 4 is 28.4 Å². The van der Waals surface area contributed by atoms with Gasteiger partial charge in [-0.25, -0.2) is 0 Å². The Morgan fingerprint density at radius 2 is 2.04 bits per heavy atom. The van der Waals surface area contributed by atoms with E-state index < -0.39 is 6.10 Å². The Labute approximate surface area is 163 Å². The molecule has 144 valence electrons. The number of ether oxygens (including phenoxy) is 1. The predicted octanol–water partition coefficient (Wildman–Crippen LogP) is 3.26. The number of amides is 2. The van der Waals surface area contributed by atoms with Crippen LogP contribution in [0.25, 0.3) is 10.9 Å². The van der Waals surface area contributed by atoms with Gasteiger partial charge in [-0.3, -0.25) is 9.59 Å². The summed E-state index contributed by atoms with van der Waals surface area (Å²) < 4.78 is 5.39. The van der Waals surface area contributed by atoms with E-state index in [1.807, 2.05) is 24.4 Å². The van der Waals surface area contributed by atoms with Gasteiger partial charge in [0, 0.05) is 41.5 Å². The number of hydrogen-bond acceptors (Lipinski definition) is 3. The van der Waals surface area contributed by atoms with Crippen LogP contribution in [0.1, 0.15) is 28.8 Å². The highest BCUT2D eigenvalue weighted by molar-refractivity contribution is 5.98. The van der Waals surface area contributed by atoms with Crippen LogP contribution in [-0.4, -0.2) is 36.1 Å². The minimum atomic E-state index is -0.395. The fraction of sp³-hybridized carbons (Fsp3) is 0.273. The highest BCUT2D eigenvalue weighted by Crippen LogP contribution is 2.18. The number of H-pyrrole nitrogens is 1. The fourth-order valence-corrected chi connectivity index (χ4v) is 3.50. The summed E-state index contributed by atoms with van der Waals surface area (Å²) in [6.07, 6.45) is 3.97. The molecule has 1 aliphatic rings. The van der Waals surface area contributed by atoms with Crippen molar-refractivity contribution in [3.63, 3.8) is 0 Å². The number of hydrogen-bond donors (Lipinski definition) is 3. The van der Waals surface area contributed by atoms with Crippen LogP contribution in [0, 0.1) is 0 Å². The molecule has 6 heteroatoms. The molecule has 0 radical (unpaired) electrons. The highest BCUT2D eigenvalue weighted by Gasteiger charge is 2.23. The number of para-hydroxylation sites is 1. The van der Waals surface area contributed by atoms with Crippen molar-refractivity contribution in [2.24, 2.45) is 0 Å². The minimum Gasteiger partial charge on any atom is -0.368 e. The van der Waals surface area contributed by atoms with Crippen LogP contribution in [0.4, 0.5) is 5.69 Å². The van der Waals surface area contributed by atoms with Crippen molar-refractivity contribution < 1.29 is 14.3 Å². The second-order valence-electron chi connectivity index (χ2n) is 6.94. The Morgan fingerprint density at radius 1 is 1.14 bits per heavy atom.